The summed E-state index contributed by atoms with van der Waals surface area (Å²) in [6.45, 7) is 2.27. The van der Waals surface area contributed by atoms with Crippen molar-refractivity contribution in [1.82, 2.24) is 10.6 Å². The van der Waals surface area contributed by atoms with Gasteiger partial charge in [-0.15, -0.1) is 11.3 Å². The molecule has 144 valence electrons. The lowest BCUT2D eigenvalue weighted by molar-refractivity contribution is -0.713. The predicted octanol–water partition coefficient (Wildman–Crippen LogP) is 2.99. The van der Waals surface area contributed by atoms with Crippen molar-refractivity contribution in [3.05, 3.63) is 94.2 Å². The zero-order chi connectivity index (χ0) is 19.8. The zero-order valence-electron chi connectivity index (χ0n) is 15.7. The summed E-state index contributed by atoms with van der Waals surface area (Å²) in [6, 6.07) is 22.6. The topological polar surface area (TPSA) is 74.8 Å². The van der Waals surface area contributed by atoms with Crippen molar-refractivity contribution in [3.8, 4) is 0 Å². The highest BCUT2D eigenvalue weighted by Gasteiger charge is 2.31. The average molecular weight is 395 g/mol. The van der Waals surface area contributed by atoms with E-state index in [1.54, 1.807) is 11.3 Å². The molecule has 6 heteroatoms. The molecule has 0 aliphatic rings. The fourth-order valence-electron chi connectivity index (χ4n) is 3.10. The first-order chi connectivity index (χ1) is 13.7. The first kappa shape index (κ1) is 19.8. The summed E-state index contributed by atoms with van der Waals surface area (Å²) in [4.78, 5) is 26.0. The number of nitrogens with one attached hydrogen (secondary N) is 2. The third-order valence-corrected chi connectivity index (χ3v) is 5.36. The van der Waals surface area contributed by atoms with Gasteiger partial charge in [-0.25, -0.2) is 4.79 Å². The molecule has 0 fully saturated rings. The molecule has 2 atom stereocenters. The fourth-order valence-corrected chi connectivity index (χ4v) is 3.93. The van der Waals surface area contributed by atoms with Gasteiger partial charge in [0.05, 0.1) is 4.88 Å². The van der Waals surface area contributed by atoms with E-state index >= 15 is 0 Å². The molecule has 28 heavy (non-hydrogen) atoms. The van der Waals surface area contributed by atoms with Crippen LogP contribution in [-0.2, 0) is 4.79 Å². The number of carbonyl (C=O) groups is 2. The van der Waals surface area contributed by atoms with Gasteiger partial charge in [0.25, 0.3) is 5.91 Å². The van der Waals surface area contributed by atoms with E-state index in [1.807, 2.05) is 72.2 Å². The van der Waals surface area contributed by atoms with Gasteiger partial charge in [0.2, 0.25) is 0 Å². The Hall–Kier alpha value is -2.96. The van der Waals surface area contributed by atoms with E-state index in [4.69, 9.17) is 0 Å². The Morgan fingerprint density at radius 3 is 2.14 bits per heavy atom. The molecule has 1 aromatic heterocycles. The van der Waals surface area contributed by atoms with Crippen molar-refractivity contribution < 1.29 is 14.9 Å². The molecule has 1 heterocycles. The number of nitrogens with two attached hydrogens (primary N) is 1. The number of rotatable bonds is 7. The van der Waals surface area contributed by atoms with Gasteiger partial charge >= 0.3 is 6.03 Å². The van der Waals surface area contributed by atoms with Gasteiger partial charge in [-0.05, 0) is 18.4 Å². The highest BCUT2D eigenvalue weighted by atomic mass is 32.1. The summed E-state index contributed by atoms with van der Waals surface area (Å²) in [7, 11) is 0. The Labute approximate surface area is 168 Å². The van der Waals surface area contributed by atoms with Gasteiger partial charge in [0, 0.05) is 17.7 Å². The van der Waals surface area contributed by atoms with Crippen LogP contribution < -0.4 is 16.0 Å². The normalized spacial score (nSPS) is 12.8. The van der Waals surface area contributed by atoms with Gasteiger partial charge in [-0.2, -0.15) is 0 Å². The Morgan fingerprint density at radius 2 is 1.57 bits per heavy atom. The van der Waals surface area contributed by atoms with E-state index in [0.717, 1.165) is 16.0 Å². The van der Waals surface area contributed by atoms with E-state index in [1.165, 1.54) is 0 Å². The second-order valence-electron chi connectivity index (χ2n) is 6.33. The van der Waals surface area contributed by atoms with Crippen molar-refractivity contribution in [2.75, 3.05) is 6.54 Å². The van der Waals surface area contributed by atoms with Crippen LogP contribution in [0, 0.1) is 0 Å². The number of amides is 3. The summed E-state index contributed by atoms with van der Waals surface area (Å²) in [5.41, 5.74) is 1.96. The molecule has 3 aromatic rings. The van der Waals surface area contributed by atoms with Crippen molar-refractivity contribution in [1.29, 1.82) is 0 Å². The lowest BCUT2D eigenvalue weighted by Gasteiger charge is -2.22. The molecule has 3 rings (SSSR count). The summed E-state index contributed by atoms with van der Waals surface area (Å²) in [5, 5.41) is 9.13. The van der Waals surface area contributed by atoms with Gasteiger partial charge in [0.1, 0.15) is 6.04 Å². The third-order valence-electron chi connectivity index (χ3n) is 4.41. The van der Waals surface area contributed by atoms with Crippen molar-refractivity contribution in [2.45, 2.75) is 19.0 Å². The third kappa shape index (κ3) is 5.06. The lowest BCUT2D eigenvalue weighted by Crippen LogP contribution is -2.88. The molecule has 0 aliphatic heterocycles. The Morgan fingerprint density at radius 1 is 0.929 bits per heavy atom. The number of quaternary nitrogens is 1. The molecular formula is C22H24N3O2S+. The van der Waals surface area contributed by atoms with E-state index in [2.05, 4.69) is 28.8 Å². The second kappa shape index (κ2) is 9.82. The van der Waals surface area contributed by atoms with Gasteiger partial charge in [-0.1, -0.05) is 66.7 Å². The number of benzene rings is 2. The van der Waals surface area contributed by atoms with Crippen LogP contribution in [0.3, 0.4) is 0 Å². The minimum absolute atomic E-state index is 0.0496. The van der Waals surface area contributed by atoms with Crippen molar-refractivity contribution >= 4 is 23.3 Å². The Bertz CT molecular complexity index is 883. The summed E-state index contributed by atoms with van der Waals surface area (Å²) in [5.74, 6) is -0.338. The molecule has 0 spiro atoms. The zero-order valence-corrected chi connectivity index (χ0v) is 16.5. The van der Waals surface area contributed by atoms with Crippen LogP contribution in [0.1, 0.15) is 35.0 Å². The van der Waals surface area contributed by atoms with Crippen molar-refractivity contribution in [2.24, 2.45) is 0 Å². The monoisotopic (exact) mass is 394 g/mol. The van der Waals surface area contributed by atoms with E-state index < -0.39 is 12.1 Å². The largest absolute Gasteiger partial charge is 0.338 e. The van der Waals surface area contributed by atoms with Crippen LogP contribution in [0.15, 0.2) is 78.2 Å². The summed E-state index contributed by atoms with van der Waals surface area (Å²) in [6.07, 6.45) is 0. The van der Waals surface area contributed by atoms with E-state index in [0.29, 0.717) is 6.54 Å². The summed E-state index contributed by atoms with van der Waals surface area (Å²) >= 11 is 1.65. The van der Waals surface area contributed by atoms with E-state index in [9.17, 15) is 9.59 Å². The molecule has 0 saturated heterocycles. The number of carbonyl (C=O) groups excluding carboxylic acids is 2. The summed E-state index contributed by atoms with van der Waals surface area (Å²) < 4.78 is 0. The highest BCUT2D eigenvalue weighted by Crippen LogP contribution is 2.24. The van der Waals surface area contributed by atoms with Crippen LogP contribution in [0.5, 0.6) is 0 Å². The van der Waals surface area contributed by atoms with Gasteiger partial charge in [0.15, 0.2) is 6.04 Å². The molecule has 5 nitrogen and oxygen atoms in total. The number of hydrogen-bond donors (Lipinski definition) is 3. The van der Waals surface area contributed by atoms with Crippen LogP contribution >= 0.6 is 11.3 Å². The molecule has 0 aliphatic carbocycles. The maximum Gasteiger partial charge on any atom is 0.321 e. The Kier molecular flexibility index (Phi) is 6.94. The fraction of sp³-hybridized carbons (Fsp3) is 0.182. The minimum Gasteiger partial charge on any atom is -0.338 e. The maximum absolute atomic E-state index is 13.0. The smallest absolute Gasteiger partial charge is 0.321 e. The average Bonchev–Trinajstić information content (AvgIpc) is 3.24. The molecule has 3 amide bonds. The van der Waals surface area contributed by atoms with Crippen LogP contribution in [-0.4, -0.2) is 18.5 Å². The lowest BCUT2D eigenvalue weighted by atomic mass is 10.0. The minimum atomic E-state index is -0.559. The van der Waals surface area contributed by atoms with Crippen LogP contribution in [0.2, 0.25) is 0 Å². The molecular weight excluding hydrogens is 370 g/mol. The SMILES string of the molecule is CCNC(=O)NC(=O)[C@H]([NH2+][C@@H](c1ccccc1)c1cccs1)c1ccccc1. The van der Waals surface area contributed by atoms with Gasteiger partial charge in [-0.3, -0.25) is 10.1 Å². The standard InChI is InChI=1S/C22H23N3O2S/c1-2-23-22(27)25-21(26)20(17-12-7-4-8-13-17)24-19(18-14-9-15-28-18)16-10-5-3-6-11-16/h3-15,19-20,24H,2H2,1H3,(H2,23,25,26,27)/p+1/t19-,20+/m0/s1. The molecule has 0 saturated carbocycles. The quantitative estimate of drug-likeness (QED) is 0.576. The van der Waals surface area contributed by atoms with Crippen LogP contribution in [0.25, 0.3) is 0 Å². The van der Waals surface area contributed by atoms with Crippen molar-refractivity contribution in [3.63, 3.8) is 0 Å². The molecule has 4 N–H and O–H groups in total. The van der Waals surface area contributed by atoms with E-state index in [-0.39, 0.29) is 11.9 Å². The predicted molar refractivity (Wildman–Crippen MR) is 111 cm³/mol. The number of imide groups is 1. The van der Waals surface area contributed by atoms with Gasteiger partial charge < -0.3 is 10.6 Å². The number of hydrogen-bond acceptors (Lipinski definition) is 3. The first-order valence-corrected chi connectivity index (χ1v) is 10.1. The number of urea groups is 1. The second-order valence-corrected chi connectivity index (χ2v) is 7.31. The molecule has 2 aromatic carbocycles. The van der Waals surface area contributed by atoms with Crippen LogP contribution in [0.4, 0.5) is 4.79 Å². The molecule has 0 bridgehead atoms. The Balaban J connectivity index is 1.92. The highest BCUT2D eigenvalue weighted by molar-refractivity contribution is 7.10. The molecule has 0 radical (unpaired) electrons. The first-order valence-electron chi connectivity index (χ1n) is 9.26. The number of thiophene rings is 1. The molecule has 0 unspecified atom stereocenters. The maximum atomic E-state index is 13.0.